The molecular weight excluding hydrogens is 228 g/mol. The standard InChI is InChI=1S/C14H28N2S/c1-3-13-10-15-14(12-6-7-12)11-16(13)8-4-5-9-17-2/h12-15H,3-11H2,1-2H3. The average Bonchev–Trinajstić information content (AvgIpc) is 3.18. The van der Waals surface area contributed by atoms with Gasteiger partial charge in [-0.1, -0.05) is 6.92 Å². The molecular formula is C14H28N2S. The Kier molecular flexibility index (Phi) is 5.64. The molecule has 1 aliphatic heterocycles. The van der Waals surface area contributed by atoms with Gasteiger partial charge in [0.1, 0.15) is 0 Å². The molecule has 100 valence electrons. The summed E-state index contributed by atoms with van der Waals surface area (Å²) in [5.74, 6) is 2.33. The van der Waals surface area contributed by atoms with Crippen LogP contribution >= 0.6 is 11.8 Å². The average molecular weight is 256 g/mol. The molecule has 0 bridgehead atoms. The summed E-state index contributed by atoms with van der Waals surface area (Å²) in [6.07, 6.45) is 9.21. The van der Waals surface area contributed by atoms with Crippen LogP contribution in [0.3, 0.4) is 0 Å². The van der Waals surface area contributed by atoms with Crippen molar-refractivity contribution in [3.8, 4) is 0 Å². The number of rotatable bonds is 7. The SMILES string of the molecule is CCC1CNC(C2CC2)CN1CCCCSC. The number of piperazine rings is 1. The molecule has 2 aliphatic rings. The highest BCUT2D eigenvalue weighted by Crippen LogP contribution is 2.34. The molecule has 1 heterocycles. The van der Waals surface area contributed by atoms with E-state index in [0.29, 0.717) is 0 Å². The summed E-state index contributed by atoms with van der Waals surface area (Å²) >= 11 is 1.98. The van der Waals surface area contributed by atoms with Gasteiger partial charge in [-0.2, -0.15) is 11.8 Å². The molecule has 2 unspecified atom stereocenters. The molecule has 2 nitrogen and oxygen atoms in total. The van der Waals surface area contributed by atoms with Crippen LogP contribution in [-0.4, -0.2) is 48.6 Å². The molecule has 3 heteroatoms. The Morgan fingerprint density at radius 3 is 2.76 bits per heavy atom. The summed E-state index contributed by atoms with van der Waals surface area (Å²) in [5, 5.41) is 3.77. The summed E-state index contributed by atoms with van der Waals surface area (Å²) in [6, 6.07) is 1.60. The van der Waals surface area contributed by atoms with Gasteiger partial charge in [0.15, 0.2) is 0 Å². The predicted octanol–water partition coefficient (Wildman–Crippen LogP) is 2.59. The largest absolute Gasteiger partial charge is 0.311 e. The molecule has 0 aromatic carbocycles. The van der Waals surface area contributed by atoms with E-state index < -0.39 is 0 Å². The van der Waals surface area contributed by atoms with E-state index in [1.54, 1.807) is 0 Å². The van der Waals surface area contributed by atoms with Crippen LogP contribution in [0.25, 0.3) is 0 Å². The fourth-order valence-corrected chi connectivity index (χ4v) is 3.43. The monoisotopic (exact) mass is 256 g/mol. The van der Waals surface area contributed by atoms with Crippen molar-refractivity contribution in [1.29, 1.82) is 0 Å². The summed E-state index contributed by atoms with van der Waals surface area (Å²) in [5.41, 5.74) is 0. The van der Waals surface area contributed by atoms with Crippen LogP contribution in [0.15, 0.2) is 0 Å². The molecule has 1 N–H and O–H groups in total. The van der Waals surface area contributed by atoms with Crippen molar-refractivity contribution in [2.24, 2.45) is 5.92 Å². The van der Waals surface area contributed by atoms with Crippen LogP contribution in [0, 0.1) is 5.92 Å². The predicted molar refractivity (Wildman–Crippen MR) is 77.8 cm³/mol. The molecule has 2 fully saturated rings. The molecule has 0 spiro atoms. The Hall–Kier alpha value is 0.270. The number of nitrogens with zero attached hydrogens (tertiary/aromatic N) is 1. The number of thioether (sulfide) groups is 1. The van der Waals surface area contributed by atoms with Crippen LogP contribution in [0.5, 0.6) is 0 Å². The smallest absolute Gasteiger partial charge is 0.0224 e. The minimum atomic E-state index is 0.791. The lowest BCUT2D eigenvalue weighted by atomic mass is 10.0. The van der Waals surface area contributed by atoms with Crippen molar-refractivity contribution >= 4 is 11.8 Å². The molecule has 0 aromatic rings. The van der Waals surface area contributed by atoms with Gasteiger partial charge < -0.3 is 5.32 Å². The zero-order chi connectivity index (χ0) is 12.1. The van der Waals surface area contributed by atoms with Crippen molar-refractivity contribution in [2.75, 3.05) is 31.6 Å². The maximum absolute atomic E-state index is 3.77. The minimum absolute atomic E-state index is 0.791. The molecule has 2 atom stereocenters. The quantitative estimate of drug-likeness (QED) is 0.705. The van der Waals surface area contributed by atoms with E-state index in [-0.39, 0.29) is 0 Å². The van der Waals surface area contributed by atoms with Crippen LogP contribution in [-0.2, 0) is 0 Å². The third-order valence-corrected chi connectivity index (χ3v) is 4.97. The van der Waals surface area contributed by atoms with E-state index in [2.05, 4.69) is 23.4 Å². The van der Waals surface area contributed by atoms with Crippen molar-refractivity contribution in [3.63, 3.8) is 0 Å². The van der Waals surface area contributed by atoms with Gasteiger partial charge in [-0.25, -0.2) is 0 Å². The number of nitrogens with one attached hydrogen (secondary N) is 1. The number of unbranched alkanes of at least 4 members (excludes halogenated alkanes) is 1. The Morgan fingerprint density at radius 2 is 2.12 bits per heavy atom. The lowest BCUT2D eigenvalue weighted by Gasteiger charge is -2.40. The van der Waals surface area contributed by atoms with E-state index in [9.17, 15) is 0 Å². The first kappa shape index (κ1) is 13.7. The van der Waals surface area contributed by atoms with E-state index in [1.807, 2.05) is 11.8 Å². The normalized spacial score (nSPS) is 30.7. The Balaban J connectivity index is 1.73. The molecule has 0 radical (unpaired) electrons. The highest BCUT2D eigenvalue weighted by atomic mass is 32.2. The van der Waals surface area contributed by atoms with Gasteiger partial charge in [-0.3, -0.25) is 4.90 Å². The van der Waals surface area contributed by atoms with Gasteiger partial charge in [0, 0.05) is 25.2 Å². The third-order valence-electron chi connectivity index (χ3n) is 4.27. The first-order valence-electron chi connectivity index (χ1n) is 7.31. The highest BCUT2D eigenvalue weighted by Gasteiger charge is 2.36. The zero-order valence-corrected chi connectivity index (χ0v) is 12.3. The maximum Gasteiger partial charge on any atom is 0.0224 e. The number of hydrogen-bond donors (Lipinski definition) is 1. The van der Waals surface area contributed by atoms with Crippen molar-refractivity contribution in [3.05, 3.63) is 0 Å². The number of hydrogen-bond acceptors (Lipinski definition) is 3. The summed E-state index contributed by atoms with van der Waals surface area (Å²) in [6.45, 7) is 6.19. The second-order valence-corrected chi connectivity index (χ2v) is 6.59. The van der Waals surface area contributed by atoms with E-state index in [0.717, 1.165) is 18.0 Å². The maximum atomic E-state index is 3.77. The Labute approximate surface area is 111 Å². The van der Waals surface area contributed by atoms with Gasteiger partial charge in [0.05, 0.1) is 0 Å². The van der Waals surface area contributed by atoms with Gasteiger partial charge in [0.25, 0.3) is 0 Å². The lowest BCUT2D eigenvalue weighted by Crippen LogP contribution is -2.57. The third kappa shape index (κ3) is 4.15. The van der Waals surface area contributed by atoms with E-state index in [1.165, 1.54) is 57.5 Å². The van der Waals surface area contributed by atoms with Crippen molar-refractivity contribution in [2.45, 2.75) is 51.1 Å². The van der Waals surface area contributed by atoms with Crippen molar-refractivity contribution in [1.82, 2.24) is 10.2 Å². The molecule has 1 aliphatic carbocycles. The summed E-state index contributed by atoms with van der Waals surface area (Å²) in [7, 11) is 0. The molecule has 1 saturated heterocycles. The molecule has 0 aromatic heterocycles. The minimum Gasteiger partial charge on any atom is -0.311 e. The first-order valence-corrected chi connectivity index (χ1v) is 8.71. The van der Waals surface area contributed by atoms with Crippen LogP contribution in [0.2, 0.25) is 0 Å². The highest BCUT2D eigenvalue weighted by molar-refractivity contribution is 7.98. The van der Waals surface area contributed by atoms with Crippen LogP contribution < -0.4 is 5.32 Å². The zero-order valence-electron chi connectivity index (χ0n) is 11.5. The molecule has 17 heavy (non-hydrogen) atoms. The van der Waals surface area contributed by atoms with E-state index in [4.69, 9.17) is 0 Å². The van der Waals surface area contributed by atoms with Gasteiger partial charge >= 0.3 is 0 Å². The fourth-order valence-electron chi connectivity index (χ4n) is 2.93. The second kappa shape index (κ2) is 7.01. The molecule has 1 saturated carbocycles. The van der Waals surface area contributed by atoms with Crippen molar-refractivity contribution < 1.29 is 0 Å². The van der Waals surface area contributed by atoms with Crippen LogP contribution in [0.4, 0.5) is 0 Å². The van der Waals surface area contributed by atoms with Gasteiger partial charge in [-0.05, 0) is 56.6 Å². The summed E-state index contributed by atoms with van der Waals surface area (Å²) in [4.78, 5) is 2.76. The topological polar surface area (TPSA) is 15.3 Å². The molecule has 0 amide bonds. The van der Waals surface area contributed by atoms with Gasteiger partial charge in [-0.15, -0.1) is 0 Å². The van der Waals surface area contributed by atoms with E-state index >= 15 is 0 Å². The lowest BCUT2D eigenvalue weighted by molar-refractivity contribution is 0.117. The second-order valence-electron chi connectivity index (χ2n) is 5.61. The molecule has 2 rings (SSSR count). The first-order chi connectivity index (χ1) is 8.35. The Bertz CT molecular complexity index is 218. The van der Waals surface area contributed by atoms with Crippen LogP contribution in [0.1, 0.15) is 39.0 Å². The fraction of sp³-hybridized carbons (Fsp3) is 1.00. The van der Waals surface area contributed by atoms with Gasteiger partial charge in [0.2, 0.25) is 0 Å². The Morgan fingerprint density at radius 1 is 1.29 bits per heavy atom. The summed E-state index contributed by atoms with van der Waals surface area (Å²) < 4.78 is 0.